The fraction of sp³-hybridized carbons (Fsp3) is 0.778. The molecule has 1 heteroatoms. The molecule has 0 amide bonds. The van der Waals surface area contributed by atoms with Crippen LogP contribution in [-0.4, -0.2) is 0 Å². The summed E-state index contributed by atoms with van der Waals surface area (Å²) in [5.74, 6) is 5.61. The lowest BCUT2D eigenvalue weighted by Gasteiger charge is -2.38. The van der Waals surface area contributed by atoms with Gasteiger partial charge in [-0.05, 0) is 91.7 Å². The Morgan fingerprint density at radius 3 is 1.64 bits per heavy atom. The largest absolute Gasteiger partial charge is 0.207 e. The highest BCUT2D eigenvalue weighted by atomic mass is 19.1. The molecule has 28 heavy (non-hydrogen) atoms. The zero-order valence-electron chi connectivity index (χ0n) is 18.1. The number of benzene rings is 1. The third-order valence-corrected chi connectivity index (χ3v) is 8.79. The average Bonchev–Trinajstić information content (AvgIpc) is 2.74. The SMILES string of the molecule is CC1CCC(CCC2CCC(C3CCC(c4ccc(F)cc4)CC3)CC2)CC1. The number of hydrogen-bond donors (Lipinski definition) is 0. The van der Waals surface area contributed by atoms with Gasteiger partial charge in [0.2, 0.25) is 0 Å². The fourth-order valence-electron chi connectivity index (χ4n) is 6.70. The second kappa shape index (κ2) is 9.77. The third kappa shape index (κ3) is 5.39. The standard InChI is InChI=1S/C27H41F/c1-20-2-4-21(5-3-20)6-7-22-8-10-23(11-9-22)24-12-14-25(15-13-24)26-16-18-27(28)19-17-26/h16-25H,2-15H2,1H3. The Morgan fingerprint density at radius 2 is 1.11 bits per heavy atom. The van der Waals surface area contributed by atoms with Gasteiger partial charge in [-0.25, -0.2) is 4.39 Å². The molecular formula is C27H41F. The van der Waals surface area contributed by atoms with Crippen molar-refractivity contribution < 1.29 is 4.39 Å². The van der Waals surface area contributed by atoms with Gasteiger partial charge >= 0.3 is 0 Å². The van der Waals surface area contributed by atoms with Gasteiger partial charge in [-0.2, -0.15) is 0 Å². The summed E-state index contributed by atoms with van der Waals surface area (Å²) < 4.78 is 13.2. The highest BCUT2D eigenvalue weighted by molar-refractivity contribution is 5.21. The highest BCUT2D eigenvalue weighted by Gasteiger charge is 2.31. The van der Waals surface area contributed by atoms with E-state index in [1.165, 1.54) is 95.5 Å². The first-order valence-electron chi connectivity index (χ1n) is 12.4. The second-order valence-electron chi connectivity index (χ2n) is 10.6. The molecule has 4 rings (SSSR count). The maximum Gasteiger partial charge on any atom is 0.123 e. The first-order chi connectivity index (χ1) is 13.7. The molecule has 0 atom stereocenters. The molecule has 3 aliphatic rings. The molecule has 0 radical (unpaired) electrons. The molecule has 0 N–H and O–H groups in total. The number of rotatable bonds is 5. The topological polar surface area (TPSA) is 0 Å². The van der Waals surface area contributed by atoms with Crippen molar-refractivity contribution >= 4 is 0 Å². The Kier molecular flexibility index (Phi) is 7.13. The van der Waals surface area contributed by atoms with Gasteiger partial charge in [0.05, 0.1) is 0 Å². The molecule has 3 fully saturated rings. The lowest BCUT2D eigenvalue weighted by molar-refractivity contribution is 0.150. The molecule has 0 unspecified atom stereocenters. The van der Waals surface area contributed by atoms with E-state index in [0.29, 0.717) is 5.92 Å². The van der Waals surface area contributed by atoms with Crippen LogP contribution >= 0.6 is 0 Å². The molecule has 3 aliphatic carbocycles. The van der Waals surface area contributed by atoms with Gasteiger partial charge in [0.25, 0.3) is 0 Å². The predicted octanol–water partition coefficient (Wildman–Crippen LogP) is 8.51. The van der Waals surface area contributed by atoms with Gasteiger partial charge in [0.1, 0.15) is 5.82 Å². The van der Waals surface area contributed by atoms with Crippen molar-refractivity contribution in [1.29, 1.82) is 0 Å². The van der Waals surface area contributed by atoms with Gasteiger partial charge in [-0.15, -0.1) is 0 Å². The zero-order valence-corrected chi connectivity index (χ0v) is 18.1. The molecule has 156 valence electrons. The molecule has 0 saturated heterocycles. The summed E-state index contributed by atoms with van der Waals surface area (Å²) in [5, 5.41) is 0. The Hall–Kier alpha value is -0.850. The van der Waals surface area contributed by atoms with Crippen LogP contribution in [0.1, 0.15) is 108 Å². The average molecular weight is 385 g/mol. The van der Waals surface area contributed by atoms with E-state index in [1.807, 2.05) is 12.1 Å². The van der Waals surface area contributed by atoms with Gasteiger partial charge in [-0.1, -0.05) is 70.4 Å². The molecule has 0 bridgehead atoms. The lowest BCUT2D eigenvalue weighted by atomic mass is 9.67. The van der Waals surface area contributed by atoms with E-state index < -0.39 is 0 Å². The quantitative estimate of drug-likeness (QED) is 0.477. The van der Waals surface area contributed by atoms with Crippen LogP contribution in [0.4, 0.5) is 4.39 Å². The first-order valence-corrected chi connectivity index (χ1v) is 12.4. The molecule has 1 aromatic rings. The van der Waals surface area contributed by atoms with Crippen molar-refractivity contribution in [2.45, 2.75) is 103 Å². The molecule has 0 aliphatic heterocycles. The molecular weight excluding hydrogens is 343 g/mol. The monoisotopic (exact) mass is 384 g/mol. The summed E-state index contributed by atoms with van der Waals surface area (Å²) in [6.45, 7) is 2.44. The van der Waals surface area contributed by atoms with Crippen molar-refractivity contribution in [2.75, 3.05) is 0 Å². The van der Waals surface area contributed by atoms with E-state index >= 15 is 0 Å². The Labute approximate surface area is 172 Å². The predicted molar refractivity (Wildman–Crippen MR) is 117 cm³/mol. The Bertz CT molecular complexity index is 567. The molecule has 3 saturated carbocycles. The first kappa shape index (κ1) is 20.4. The molecule has 0 heterocycles. The van der Waals surface area contributed by atoms with Crippen LogP contribution in [0.25, 0.3) is 0 Å². The minimum Gasteiger partial charge on any atom is -0.207 e. The van der Waals surface area contributed by atoms with Crippen molar-refractivity contribution in [1.82, 2.24) is 0 Å². The fourth-order valence-corrected chi connectivity index (χ4v) is 6.70. The van der Waals surface area contributed by atoms with Crippen molar-refractivity contribution in [3.05, 3.63) is 35.6 Å². The number of hydrogen-bond acceptors (Lipinski definition) is 0. The van der Waals surface area contributed by atoms with Gasteiger partial charge < -0.3 is 0 Å². The van der Waals surface area contributed by atoms with Crippen LogP contribution < -0.4 is 0 Å². The minimum atomic E-state index is -0.104. The van der Waals surface area contributed by atoms with Crippen LogP contribution in [-0.2, 0) is 0 Å². The van der Waals surface area contributed by atoms with Crippen molar-refractivity contribution in [3.63, 3.8) is 0 Å². The minimum absolute atomic E-state index is 0.104. The third-order valence-electron chi connectivity index (χ3n) is 8.79. The summed E-state index contributed by atoms with van der Waals surface area (Å²) in [6.07, 6.45) is 20.5. The van der Waals surface area contributed by atoms with Gasteiger partial charge in [-0.3, -0.25) is 0 Å². The normalized spacial score (nSPS) is 36.9. The van der Waals surface area contributed by atoms with Crippen LogP contribution in [0.3, 0.4) is 0 Å². The van der Waals surface area contributed by atoms with Crippen LogP contribution in [0.15, 0.2) is 24.3 Å². The molecule has 0 nitrogen and oxygen atoms in total. The van der Waals surface area contributed by atoms with E-state index in [-0.39, 0.29) is 5.82 Å². The van der Waals surface area contributed by atoms with E-state index in [9.17, 15) is 4.39 Å². The van der Waals surface area contributed by atoms with E-state index in [2.05, 4.69) is 6.92 Å². The Balaban J connectivity index is 1.15. The summed E-state index contributed by atoms with van der Waals surface area (Å²) >= 11 is 0. The summed E-state index contributed by atoms with van der Waals surface area (Å²) in [6, 6.07) is 7.30. The molecule has 0 aromatic heterocycles. The number of halogens is 1. The lowest BCUT2D eigenvalue weighted by Crippen LogP contribution is -2.25. The van der Waals surface area contributed by atoms with Gasteiger partial charge in [0.15, 0.2) is 0 Å². The smallest absolute Gasteiger partial charge is 0.123 e. The summed E-state index contributed by atoms with van der Waals surface area (Å²) in [5.41, 5.74) is 1.36. The van der Waals surface area contributed by atoms with Crippen LogP contribution in [0.2, 0.25) is 0 Å². The summed E-state index contributed by atoms with van der Waals surface area (Å²) in [4.78, 5) is 0. The van der Waals surface area contributed by atoms with Crippen LogP contribution in [0.5, 0.6) is 0 Å². The van der Waals surface area contributed by atoms with Crippen molar-refractivity contribution in [3.8, 4) is 0 Å². The van der Waals surface area contributed by atoms with E-state index in [1.54, 1.807) is 12.1 Å². The second-order valence-corrected chi connectivity index (χ2v) is 10.6. The maximum atomic E-state index is 13.2. The molecule has 0 spiro atoms. The molecule has 1 aromatic carbocycles. The zero-order chi connectivity index (χ0) is 19.3. The van der Waals surface area contributed by atoms with E-state index in [4.69, 9.17) is 0 Å². The van der Waals surface area contributed by atoms with Crippen LogP contribution in [0, 0.1) is 35.4 Å². The highest BCUT2D eigenvalue weighted by Crippen LogP contribution is 2.45. The van der Waals surface area contributed by atoms with Crippen molar-refractivity contribution in [2.24, 2.45) is 29.6 Å². The Morgan fingerprint density at radius 1 is 0.643 bits per heavy atom. The summed E-state index contributed by atoms with van der Waals surface area (Å²) in [7, 11) is 0. The maximum absolute atomic E-state index is 13.2. The van der Waals surface area contributed by atoms with Gasteiger partial charge in [0, 0.05) is 0 Å². The van der Waals surface area contributed by atoms with E-state index in [0.717, 1.165) is 29.6 Å².